The van der Waals surface area contributed by atoms with Crippen molar-refractivity contribution >= 4 is 69.5 Å². The van der Waals surface area contributed by atoms with Crippen LogP contribution in [0, 0.1) is 5.41 Å². The molecule has 0 heterocycles. The van der Waals surface area contributed by atoms with Crippen molar-refractivity contribution in [3.63, 3.8) is 0 Å². The van der Waals surface area contributed by atoms with Crippen molar-refractivity contribution in [3.05, 3.63) is 273 Å². The first kappa shape index (κ1) is 41.6. The molecule has 0 bridgehead atoms. The molecule has 9 rings (SSSR count). The molecule has 0 saturated carbocycles. The number of hydrogen-bond acceptors (Lipinski definition) is 0. The van der Waals surface area contributed by atoms with Crippen LogP contribution in [0.4, 0.5) is 0 Å². The van der Waals surface area contributed by atoms with Gasteiger partial charge in [0.1, 0.15) is 69.5 Å². The second-order valence-electron chi connectivity index (χ2n) is 16.7. The topological polar surface area (TPSA) is 0 Å². The summed E-state index contributed by atoms with van der Waals surface area (Å²) in [6.45, 7) is 2.70. The Hall–Kier alpha value is -5.73. The van der Waals surface area contributed by atoms with Gasteiger partial charge in [0.2, 0.25) is 0 Å². The van der Waals surface area contributed by atoms with Gasteiger partial charge in [-0.25, -0.2) is 0 Å². The van der Waals surface area contributed by atoms with Gasteiger partial charge in [-0.05, 0) is 116 Å². The maximum absolute atomic E-state index is 2.70. The van der Waals surface area contributed by atoms with E-state index >= 15 is 0 Å². The lowest BCUT2D eigenvalue weighted by molar-refractivity contribution is 0.493. The fourth-order valence-electron chi connectivity index (χ4n) is 10.2. The van der Waals surface area contributed by atoms with E-state index in [0.29, 0.717) is 0 Å². The molecular weight excluding hydrogens is 802 g/mol. The Morgan fingerprint density at radius 2 is 0.323 bits per heavy atom. The summed E-state index contributed by atoms with van der Waals surface area (Å²) in [7, 11) is -7.08. The highest BCUT2D eigenvalue weighted by atomic mass is 31.2. The predicted octanol–water partition coefficient (Wildman–Crippen LogP) is 11.0. The van der Waals surface area contributed by atoms with Crippen LogP contribution in [0.3, 0.4) is 0 Å². The molecule has 0 aliphatic heterocycles. The molecule has 0 aliphatic rings. The van der Waals surface area contributed by atoms with Gasteiger partial charge < -0.3 is 0 Å². The van der Waals surface area contributed by atoms with Gasteiger partial charge in [0.25, 0.3) is 0 Å². The van der Waals surface area contributed by atoms with Crippen LogP contribution >= 0.6 is 21.8 Å². The molecule has 0 aliphatic carbocycles. The summed E-state index contributed by atoms with van der Waals surface area (Å²) >= 11 is 0. The monoisotopic (exact) mass is 855 g/mol. The molecule has 62 heavy (non-hydrogen) atoms. The first-order valence-corrected chi connectivity index (χ1v) is 27.6. The summed E-state index contributed by atoms with van der Waals surface area (Å²) in [5.74, 6) is 0. The van der Waals surface area contributed by atoms with Crippen molar-refractivity contribution < 1.29 is 0 Å². The van der Waals surface area contributed by atoms with E-state index < -0.39 is 21.8 Å². The number of benzene rings is 9. The van der Waals surface area contributed by atoms with E-state index in [0.717, 1.165) is 18.5 Å². The SMILES string of the molecule is CC(C[P+](c1ccccc1)(c1ccccc1)c1ccccc1)(C[P+](c1ccccc1)(c1ccccc1)c1ccccc1)C[P+](c1ccccc1)(c1ccccc1)c1ccccc1. The van der Waals surface area contributed by atoms with Gasteiger partial charge in [-0.2, -0.15) is 0 Å². The molecule has 0 nitrogen and oxygen atoms in total. The third kappa shape index (κ3) is 8.06. The minimum atomic E-state index is -2.36. The van der Waals surface area contributed by atoms with Crippen LogP contribution in [-0.2, 0) is 0 Å². The van der Waals surface area contributed by atoms with Crippen molar-refractivity contribution in [2.24, 2.45) is 5.41 Å². The van der Waals surface area contributed by atoms with E-state index in [1.165, 1.54) is 47.7 Å². The highest BCUT2D eigenvalue weighted by Gasteiger charge is 2.62. The second kappa shape index (κ2) is 18.7. The van der Waals surface area contributed by atoms with Crippen LogP contribution in [0.15, 0.2) is 273 Å². The molecule has 0 unspecified atom stereocenters. The van der Waals surface area contributed by atoms with Crippen LogP contribution in [0.1, 0.15) is 6.92 Å². The Labute approximate surface area is 371 Å². The fourth-order valence-corrected chi connectivity index (χ4v) is 25.3. The fraction of sp³-hybridized carbons (Fsp3) is 0.0847. The number of rotatable bonds is 15. The summed E-state index contributed by atoms with van der Waals surface area (Å²) < 4.78 is 0. The molecule has 0 aromatic heterocycles. The minimum absolute atomic E-state index is 0.264. The first-order valence-electron chi connectivity index (χ1n) is 21.7. The van der Waals surface area contributed by atoms with Gasteiger partial charge in [0.15, 0.2) is 0 Å². The Bertz CT molecular complexity index is 2130. The third-order valence-corrected chi connectivity index (χ3v) is 27.0. The van der Waals surface area contributed by atoms with Crippen molar-refractivity contribution in [3.8, 4) is 0 Å². The second-order valence-corrected chi connectivity index (χ2v) is 27.2. The maximum Gasteiger partial charge on any atom is 0.112 e. The summed E-state index contributed by atoms with van der Waals surface area (Å²) in [6.07, 6.45) is 2.96. The molecule has 302 valence electrons. The summed E-state index contributed by atoms with van der Waals surface area (Å²) in [5.41, 5.74) is -0.264. The van der Waals surface area contributed by atoms with E-state index in [2.05, 4.69) is 280 Å². The third-order valence-electron chi connectivity index (χ3n) is 12.6. The molecule has 0 radical (unpaired) electrons. The molecule has 0 fully saturated rings. The highest BCUT2D eigenvalue weighted by Crippen LogP contribution is 2.69. The molecule has 0 atom stereocenters. The molecule has 3 heteroatoms. The standard InChI is InChI=1S/C59H54P3/c1-59(47-60(50-29-11-2-12-30-50,51-31-13-3-14-32-51)52-33-15-4-16-34-52,48-61(53-35-17-5-18-36-53,54-37-19-6-20-38-54)55-39-21-7-22-40-55)49-62(56-41-23-8-24-42-56,57-43-25-9-26-44-57)58-45-27-10-28-46-58/h2-46H,47-49H2,1H3/q+3. The molecule has 0 spiro atoms. The van der Waals surface area contributed by atoms with Crippen LogP contribution in [0.2, 0.25) is 0 Å². The zero-order valence-electron chi connectivity index (χ0n) is 35.4. The van der Waals surface area contributed by atoms with Gasteiger partial charge in [-0.3, -0.25) is 0 Å². The lowest BCUT2D eigenvalue weighted by Gasteiger charge is -2.42. The van der Waals surface area contributed by atoms with Crippen LogP contribution < -0.4 is 47.7 Å². The first-order chi connectivity index (χ1) is 30.6. The minimum Gasteiger partial charge on any atom is -0.0620 e. The van der Waals surface area contributed by atoms with E-state index in [1.807, 2.05) is 0 Å². The van der Waals surface area contributed by atoms with Crippen LogP contribution in [0.25, 0.3) is 0 Å². The van der Waals surface area contributed by atoms with Gasteiger partial charge >= 0.3 is 0 Å². The lowest BCUT2D eigenvalue weighted by Crippen LogP contribution is -2.49. The Balaban J connectivity index is 1.42. The molecule has 0 amide bonds. The Morgan fingerprint density at radius 1 is 0.210 bits per heavy atom. The largest absolute Gasteiger partial charge is 0.112 e. The molecule has 0 N–H and O–H groups in total. The summed E-state index contributed by atoms with van der Waals surface area (Å²) in [4.78, 5) is 0. The van der Waals surface area contributed by atoms with E-state index in [9.17, 15) is 0 Å². The molecule has 9 aromatic carbocycles. The van der Waals surface area contributed by atoms with E-state index in [-0.39, 0.29) is 5.41 Å². The van der Waals surface area contributed by atoms with Gasteiger partial charge in [-0.1, -0.05) is 164 Å². The predicted molar refractivity (Wildman–Crippen MR) is 278 cm³/mol. The van der Waals surface area contributed by atoms with Gasteiger partial charge in [0, 0.05) is 0 Å². The molecule has 0 saturated heterocycles. The molecular formula is C59H54P3+3. The molecule has 9 aromatic rings. The normalized spacial score (nSPS) is 12.1. The Morgan fingerprint density at radius 3 is 0.435 bits per heavy atom. The van der Waals surface area contributed by atoms with Crippen LogP contribution in [-0.4, -0.2) is 18.5 Å². The highest BCUT2D eigenvalue weighted by molar-refractivity contribution is 7.97. The van der Waals surface area contributed by atoms with Crippen molar-refractivity contribution in [1.82, 2.24) is 0 Å². The average Bonchev–Trinajstić information content (AvgIpc) is 3.37. The van der Waals surface area contributed by atoms with Crippen molar-refractivity contribution in [2.75, 3.05) is 18.5 Å². The zero-order valence-corrected chi connectivity index (χ0v) is 38.1. The average molecular weight is 856 g/mol. The smallest absolute Gasteiger partial charge is 0.0620 e. The van der Waals surface area contributed by atoms with Crippen molar-refractivity contribution in [1.29, 1.82) is 0 Å². The zero-order chi connectivity index (χ0) is 42.1. The number of hydrogen-bond donors (Lipinski definition) is 0. The Kier molecular flexibility index (Phi) is 12.6. The summed E-state index contributed by atoms with van der Waals surface area (Å²) in [5, 5.41) is 12.8. The van der Waals surface area contributed by atoms with E-state index in [1.54, 1.807) is 0 Å². The van der Waals surface area contributed by atoms with E-state index in [4.69, 9.17) is 0 Å². The van der Waals surface area contributed by atoms with Crippen LogP contribution in [0.5, 0.6) is 0 Å². The van der Waals surface area contributed by atoms with Gasteiger partial charge in [-0.15, -0.1) is 0 Å². The maximum atomic E-state index is 2.70. The lowest BCUT2D eigenvalue weighted by atomic mass is 9.99. The quantitative estimate of drug-likeness (QED) is 0.0902. The summed E-state index contributed by atoms with van der Waals surface area (Å²) in [6, 6.07) is 104. The van der Waals surface area contributed by atoms with Crippen molar-refractivity contribution in [2.45, 2.75) is 6.92 Å². The van der Waals surface area contributed by atoms with Gasteiger partial charge in [0.05, 0.1) is 23.9 Å².